The van der Waals surface area contributed by atoms with Crippen LogP contribution in [0, 0.1) is 17.5 Å². The Kier molecular flexibility index (Phi) is 10.3. The Morgan fingerprint density at radius 1 is 0.902 bits per heavy atom. The molecule has 1 saturated heterocycles. The number of hydrogen-bond donors (Lipinski definition) is 0. The number of anilines is 1. The molecule has 0 saturated carbocycles. The van der Waals surface area contributed by atoms with Crippen LogP contribution in [0.2, 0.25) is 5.02 Å². The molecular weight excluding hydrogens is 617 g/mol. The summed E-state index contributed by atoms with van der Waals surface area (Å²) < 4.78 is 99.1. The molecule has 1 aliphatic heterocycles. The van der Waals surface area contributed by atoms with Gasteiger partial charge in [0.2, 0.25) is 10.0 Å². The van der Waals surface area contributed by atoms with Gasteiger partial charge in [0.15, 0.2) is 0 Å². The average Bonchev–Trinajstić information content (AvgIpc) is 2.94. The molecule has 1 heterocycles. The molecule has 0 N–H and O–H groups in total. The summed E-state index contributed by atoms with van der Waals surface area (Å²) in [7, 11) is -7.87. The zero-order valence-electron chi connectivity index (χ0n) is 22.3. The van der Waals surface area contributed by atoms with E-state index in [1.165, 1.54) is 53.7 Å². The zero-order valence-corrected chi connectivity index (χ0v) is 25.5. The average molecular weight is 647 g/mol. The third kappa shape index (κ3) is 7.59. The summed E-state index contributed by atoms with van der Waals surface area (Å²) in [5, 5.41) is 0.294. The maximum Gasteiger partial charge on any atom is 0.264 e. The molecule has 41 heavy (non-hydrogen) atoms. The molecule has 222 valence electrons. The smallest absolute Gasteiger partial charge is 0.256 e. The van der Waals surface area contributed by atoms with E-state index in [1.54, 1.807) is 11.8 Å². The highest BCUT2D eigenvalue weighted by Crippen LogP contribution is 2.37. The second-order valence-corrected chi connectivity index (χ2v) is 15.2. The topological polar surface area (TPSA) is 74.8 Å². The largest absolute Gasteiger partial charge is 0.264 e. The van der Waals surface area contributed by atoms with Crippen LogP contribution in [-0.2, 0) is 26.5 Å². The summed E-state index contributed by atoms with van der Waals surface area (Å²) in [6.45, 7) is 2.47. The van der Waals surface area contributed by atoms with Crippen LogP contribution in [0.1, 0.15) is 36.9 Å². The minimum absolute atomic E-state index is 0.0521. The Labute approximate surface area is 248 Å². The zero-order chi connectivity index (χ0) is 29.8. The van der Waals surface area contributed by atoms with Gasteiger partial charge in [-0.2, -0.15) is 11.8 Å². The van der Waals surface area contributed by atoms with Crippen LogP contribution in [0.3, 0.4) is 0 Å². The molecule has 0 aliphatic carbocycles. The van der Waals surface area contributed by atoms with Gasteiger partial charge < -0.3 is 0 Å². The van der Waals surface area contributed by atoms with Gasteiger partial charge in [0.25, 0.3) is 10.0 Å². The molecule has 0 aromatic heterocycles. The normalized spacial score (nSPS) is 15.5. The number of sulfonamides is 2. The van der Waals surface area contributed by atoms with Crippen molar-refractivity contribution >= 4 is 49.1 Å². The fourth-order valence-corrected chi connectivity index (χ4v) is 9.26. The molecule has 0 bridgehead atoms. The van der Waals surface area contributed by atoms with Crippen LogP contribution in [0.5, 0.6) is 0 Å². The second-order valence-electron chi connectivity index (χ2n) is 9.65. The van der Waals surface area contributed by atoms with Crippen molar-refractivity contribution in [2.24, 2.45) is 0 Å². The summed E-state index contributed by atoms with van der Waals surface area (Å²) >= 11 is 7.65. The Hall–Kier alpha value is -2.25. The van der Waals surface area contributed by atoms with E-state index in [0.29, 0.717) is 42.1 Å². The highest BCUT2D eigenvalue weighted by atomic mass is 35.5. The number of hydrogen-bond acceptors (Lipinski definition) is 5. The van der Waals surface area contributed by atoms with E-state index in [1.807, 2.05) is 0 Å². The SMILES string of the molecule is CC(c1ccc(F)cc1CCCCS(=O)(=O)N1CCSCC1)N(c1cc(F)ccc1F)S(=O)(=O)c1ccc(Cl)cc1. The van der Waals surface area contributed by atoms with Crippen molar-refractivity contribution in [2.45, 2.75) is 37.1 Å². The number of rotatable bonds is 11. The molecule has 0 amide bonds. The molecule has 4 rings (SSSR count). The standard InChI is InChI=1S/C28H30ClF3N2O4S3/c1-20(34(28-19-24(31)8-12-27(28)32)41(37,38)25-9-5-22(29)6-10-25)26-11-7-23(30)18-21(26)4-2-3-17-40(35,36)33-13-15-39-16-14-33/h5-12,18-20H,2-4,13-17H2,1H3. The predicted octanol–water partition coefficient (Wildman–Crippen LogP) is 6.42. The summed E-state index contributed by atoms with van der Waals surface area (Å²) in [6, 6.07) is 10.6. The molecular formula is C28H30ClF3N2O4S3. The first kappa shape index (κ1) is 31.7. The molecule has 1 unspecified atom stereocenters. The van der Waals surface area contributed by atoms with Crippen molar-refractivity contribution in [1.29, 1.82) is 0 Å². The summed E-state index contributed by atoms with van der Waals surface area (Å²) in [5.74, 6) is -0.892. The van der Waals surface area contributed by atoms with Crippen molar-refractivity contribution in [3.05, 3.63) is 94.3 Å². The van der Waals surface area contributed by atoms with Gasteiger partial charge in [0.05, 0.1) is 22.4 Å². The molecule has 13 heteroatoms. The maximum atomic E-state index is 15.1. The fraction of sp³-hybridized carbons (Fsp3) is 0.357. The van der Waals surface area contributed by atoms with E-state index in [4.69, 9.17) is 11.6 Å². The fourth-order valence-electron chi connectivity index (χ4n) is 4.80. The molecule has 0 radical (unpaired) electrons. The van der Waals surface area contributed by atoms with E-state index < -0.39 is 49.2 Å². The van der Waals surface area contributed by atoms with Crippen LogP contribution in [0.4, 0.5) is 18.9 Å². The third-order valence-corrected chi connectivity index (χ3v) is 11.9. The molecule has 3 aromatic rings. The maximum absolute atomic E-state index is 15.1. The molecule has 0 spiro atoms. The lowest BCUT2D eigenvalue weighted by molar-refractivity contribution is 0.442. The molecule has 1 fully saturated rings. The monoisotopic (exact) mass is 646 g/mol. The van der Waals surface area contributed by atoms with Crippen molar-refractivity contribution in [1.82, 2.24) is 4.31 Å². The minimum atomic E-state index is -4.45. The van der Waals surface area contributed by atoms with Gasteiger partial charge in [-0.05, 0) is 85.8 Å². The van der Waals surface area contributed by atoms with E-state index in [0.717, 1.165) is 34.0 Å². The van der Waals surface area contributed by atoms with Gasteiger partial charge in [0.1, 0.15) is 17.5 Å². The van der Waals surface area contributed by atoms with Gasteiger partial charge in [-0.25, -0.2) is 34.3 Å². The lowest BCUT2D eigenvalue weighted by Gasteiger charge is -2.32. The second kappa shape index (κ2) is 13.4. The molecule has 1 aliphatic rings. The third-order valence-electron chi connectivity index (χ3n) is 6.88. The highest BCUT2D eigenvalue weighted by Gasteiger charge is 2.34. The lowest BCUT2D eigenvalue weighted by Crippen LogP contribution is -2.39. The van der Waals surface area contributed by atoms with Gasteiger partial charge in [-0.1, -0.05) is 17.7 Å². The van der Waals surface area contributed by atoms with Gasteiger partial charge in [-0.15, -0.1) is 0 Å². The number of benzene rings is 3. The number of unbranched alkanes of at least 4 members (excludes halogenated alkanes) is 1. The Morgan fingerprint density at radius 2 is 1.54 bits per heavy atom. The van der Waals surface area contributed by atoms with Crippen molar-refractivity contribution in [3.8, 4) is 0 Å². The van der Waals surface area contributed by atoms with Crippen LogP contribution < -0.4 is 4.31 Å². The summed E-state index contributed by atoms with van der Waals surface area (Å²) in [5.41, 5.74) is 0.314. The van der Waals surface area contributed by atoms with Crippen LogP contribution in [0.15, 0.2) is 65.6 Å². The van der Waals surface area contributed by atoms with Gasteiger partial charge in [0, 0.05) is 35.7 Å². The number of halogens is 4. The van der Waals surface area contributed by atoms with Crippen molar-refractivity contribution in [2.75, 3.05) is 34.7 Å². The molecule has 3 aromatic carbocycles. The molecule has 6 nitrogen and oxygen atoms in total. The first-order valence-corrected chi connectivity index (χ1v) is 17.6. The lowest BCUT2D eigenvalue weighted by atomic mass is 9.97. The van der Waals surface area contributed by atoms with Crippen LogP contribution in [0.25, 0.3) is 0 Å². The van der Waals surface area contributed by atoms with E-state index in [9.17, 15) is 25.6 Å². The Bertz CT molecular complexity index is 1580. The Balaban J connectivity index is 1.64. The quantitative estimate of drug-likeness (QED) is 0.225. The van der Waals surface area contributed by atoms with E-state index in [-0.39, 0.29) is 17.1 Å². The molecule has 1 atom stereocenters. The van der Waals surface area contributed by atoms with Crippen molar-refractivity contribution < 1.29 is 30.0 Å². The predicted molar refractivity (Wildman–Crippen MR) is 158 cm³/mol. The summed E-state index contributed by atoms with van der Waals surface area (Å²) in [4.78, 5) is -0.192. The number of aryl methyl sites for hydroxylation is 1. The van der Waals surface area contributed by atoms with E-state index >= 15 is 4.39 Å². The van der Waals surface area contributed by atoms with Crippen molar-refractivity contribution in [3.63, 3.8) is 0 Å². The first-order valence-electron chi connectivity index (χ1n) is 13.0. The number of thioether (sulfide) groups is 1. The highest BCUT2D eigenvalue weighted by molar-refractivity contribution is 7.99. The van der Waals surface area contributed by atoms with Crippen LogP contribution >= 0.6 is 23.4 Å². The van der Waals surface area contributed by atoms with Gasteiger partial charge >= 0.3 is 0 Å². The van der Waals surface area contributed by atoms with Gasteiger partial charge in [-0.3, -0.25) is 4.31 Å². The van der Waals surface area contributed by atoms with Crippen LogP contribution in [-0.4, -0.2) is 51.5 Å². The summed E-state index contributed by atoms with van der Waals surface area (Å²) in [6.07, 6.45) is 0.966. The Morgan fingerprint density at radius 3 is 2.22 bits per heavy atom. The van der Waals surface area contributed by atoms with E-state index in [2.05, 4.69) is 0 Å². The first-order chi connectivity index (χ1) is 19.4. The number of nitrogens with zero attached hydrogens (tertiary/aromatic N) is 2. The minimum Gasteiger partial charge on any atom is -0.256 e.